The van der Waals surface area contributed by atoms with E-state index in [1.807, 2.05) is 0 Å². The van der Waals surface area contributed by atoms with Crippen molar-refractivity contribution in [2.75, 3.05) is 32.8 Å². The van der Waals surface area contributed by atoms with Gasteiger partial charge in [-0.1, -0.05) is 13.8 Å². The van der Waals surface area contributed by atoms with Crippen LogP contribution in [0.3, 0.4) is 0 Å². The number of hydrogen-bond donors (Lipinski definition) is 1. The molecule has 0 aromatic carbocycles. The minimum atomic E-state index is -0.179. The summed E-state index contributed by atoms with van der Waals surface area (Å²) in [5, 5.41) is 3.01. The van der Waals surface area contributed by atoms with E-state index in [-0.39, 0.29) is 12.0 Å². The molecule has 1 atom stereocenters. The zero-order valence-corrected chi connectivity index (χ0v) is 10.9. The third kappa shape index (κ3) is 3.68. The number of amides is 1. The van der Waals surface area contributed by atoms with Crippen molar-refractivity contribution < 1.29 is 9.53 Å². The number of nitrogens with one attached hydrogen (secondary N) is 1. The summed E-state index contributed by atoms with van der Waals surface area (Å²) in [5.41, 5.74) is 0. The standard InChI is InChI=1S/C13H24N2O2/c1-10(2)7-15-8-11(9-15)6-14-13(16)12-4-3-5-17-12/h10-12H,3-9H2,1-2H3,(H,14,16). The third-order valence-corrected chi connectivity index (χ3v) is 3.44. The second-order valence-electron chi connectivity index (χ2n) is 5.73. The first-order valence-electron chi connectivity index (χ1n) is 6.77. The molecular formula is C13H24N2O2. The van der Waals surface area contributed by atoms with Crippen LogP contribution in [0.25, 0.3) is 0 Å². The van der Waals surface area contributed by atoms with Crippen LogP contribution in [0, 0.1) is 11.8 Å². The van der Waals surface area contributed by atoms with Crippen molar-refractivity contribution in [2.45, 2.75) is 32.8 Å². The lowest BCUT2D eigenvalue weighted by atomic mass is 9.98. The van der Waals surface area contributed by atoms with Gasteiger partial charge in [0.15, 0.2) is 0 Å². The lowest BCUT2D eigenvalue weighted by Crippen LogP contribution is -2.53. The Kier molecular flexibility index (Phi) is 4.40. The van der Waals surface area contributed by atoms with Crippen molar-refractivity contribution in [3.63, 3.8) is 0 Å². The molecule has 0 aromatic rings. The first kappa shape index (κ1) is 12.8. The molecular weight excluding hydrogens is 216 g/mol. The largest absolute Gasteiger partial charge is 0.368 e. The van der Waals surface area contributed by atoms with Gasteiger partial charge in [0.05, 0.1) is 0 Å². The van der Waals surface area contributed by atoms with Gasteiger partial charge in [0.1, 0.15) is 6.10 Å². The highest BCUT2D eigenvalue weighted by Crippen LogP contribution is 2.17. The highest BCUT2D eigenvalue weighted by Gasteiger charge is 2.29. The molecule has 0 radical (unpaired) electrons. The van der Waals surface area contributed by atoms with E-state index in [0.717, 1.165) is 45.0 Å². The molecule has 0 spiro atoms. The van der Waals surface area contributed by atoms with Gasteiger partial charge >= 0.3 is 0 Å². The Balaban J connectivity index is 1.56. The normalized spacial score (nSPS) is 26.2. The fourth-order valence-electron chi connectivity index (χ4n) is 2.61. The zero-order valence-electron chi connectivity index (χ0n) is 10.9. The molecule has 1 unspecified atom stereocenters. The van der Waals surface area contributed by atoms with Crippen LogP contribution in [0.5, 0.6) is 0 Å². The lowest BCUT2D eigenvalue weighted by molar-refractivity contribution is -0.130. The van der Waals surface area contributed by atoms with Crippen molar-refractivity contribution in [2.24, 2.45) is 11.8 Å². The maximum atomic E-state index is 11.7. The molecule has 0 bridgehead atoms. The van der Waals surface area contributed by atoms with Gasteiger partial charge in [0, 0.05) is 38.7 Å². The van der Waals surface area contributed by atoms with E-state index in [2.05, 4.69) is 24.1 Å². The van der Waals surface area contributed by atoms with Crippen molar-refractivity contribution in [3.8, 4) is 0 Å². The van der Waals surface area contributed by atoms with E-state index in [1.54, 1.807) is 0 Å². The summed E-state index contributed by atoms with van der Waals surface area (Å²) in [4.78, 5) is 14.2. The van der Waals surface area contributed by atoms with E-state index >= 15 is 0 Å². The fraction of sp³-hybridized carbons (Fsp3) is 0.923. The molecule has 2 fully saturated rings. The van der Waals surface area contributed by atoms with Gasteiger partial charge in [-0.3, -0.25) is 4.79 Å². The van der Waals surface area contributed by atoms with E-state index in [1.165, 1.54) is 6.54 Å². The number of nitrogens with zero attached hydrogens (tertiary/aromatic N) is 1. The molecule has 0 aromatic heterocycles. The van der Waals surface area contributed by atoms with Gasteiger partial charge in [-0.25, -0.2) is 0 Å². The van der Waals surface area contributed by atoms with Gasteiger partial charge in [0.25, 0.3) is 0 Å². The summed E-state index contributed by atoms with van der Waals surface area (Å²) in [6.45, 7) is 9.47. The van der Waals surface area contributed by atoms with Crippen molar-refractivity contribution >= 4 is 5.91 Å². The molecule has 2 aliphatic heterocycles. The number of carbonyl (C=O) groups is 1. The maximum Gasteiger partial charge on any atom is 0.249 e. The van der Waals surface area contributed by atoms with E-state index in [9.17, 15) is 4.79 Å². The first-order chi connectivity index (χ1) is 8.15. The second kappa shape index (κ2) is 5.83. The summed E-state index contributed by atoms with van der Waals surface area (Å²) < 4.78 is 5.35. The van der Waals surface area contributed by atoms with Gasteiger partial charge in [0.2, 0.25) is 5.91 Å². The minimum Gasteiger partial charge on any atom is -0.368 e. The van der Waals surface area contributed by atoms with Crippen LogP contribution in [0.4, 0.5) is 0 Å². The Morgan fingerprint density at radius 2 is 2.24 bits per heavy atom. The molecule has 2 heterocycles. The van der Waals surface area contributed by atoms with Gasteiger partial charge in [-0.05, 0) is 18.8 Å². The zero-order chi connectivity index (χ0) is 12.3. The van der Waals surface area contributed by atoms with Crippen LogP contribution in [-0.4, -0.2) is 49.7 Å². The smallest absolute Gasteiger partial charge is 0.249 e. The number of carbonyl (C=O) groups excluding carboxylic acids is 1. The average Bonchev–Trinajstić information content (AvgIpc) is 2.73. The summed E-state index contributed by atoms with van der Waals surface area (Å²) in [6.07, 6.45) is 1.72. The van der Waals surface area contributed by atoms with Gasteiger partial charge < -0.3 is 15.0 Å². The molecule has 0 saturated carbocycles. The Hall–Kier alpha value is -0.610. The molecule has 2 aliphatic rings. The van der Waals surface area contributed by atoms with E-state index in [4.69, 9.17) is 4.74 Å². The quantitative estimate of drug-likeness (QED) is 0.775. The van der Waals surface area contributed by atoms with Crippen molar-refractivity contribution in [1.82, 2.24) is 10.2 Å². The summed E-state index contributed by atoms with van der Waals surface area (Å²) in [6, 6.07) is 0. The summed E-state index contributed by atoms with van der Waals surface area (Å²) in [7, 11) is 0. The SMILES string of the molecule is CC(C)CN1CC(CNC(=O)C2CCCO2)C1. The van der Waals surface area contributed by atoms with E-state index in [0.29, 0.717) is 5.92 Å². The molecule has 1 N–H and O–H groups in total. The monoisotopic (exact) mass is 240 g/mol. The third-order valence-electron chi connectivity index (χ3n) is 3.44. The molecule has 4 nitrogen and oxygen atoms in total. The van der Waals surface area contributed by atoms with Crippen LogP contribution in [0.2, 0.25) is 0 Å². The van der Waals surface area contributed by atoms with Crippen LogP contribution in [0.1, 0.15) is 26.7 Å². The number of rotatable bonds is 5. The highest BCUT2D eigenvalue weighted by atomic mass is 16.5. The Morgan fingerprint density at radius 1 is 1.47 bits per heavy atom. The van der Waals surface area contributed by atoms with Gasteiger partial charge in [-0.2, -0.15) is 0 Å². The average molecular weight is 240 g/mol. The molecule has 4 heteroatoms. The summed E-state index contributed by atoms with van der Waals surface area (Å²) >= 11 is 0. The molecule has 2 saturated heterocycles. The van der Waals surface area contributed by atoms with E-state index < -0.39 is 0 Å². The minimum absolute atomic E-state index is 0.0878. The van der Waals surface area contributed by atoms with Crippen LogP contribution < -0.4 is 5.32 Å². The van der Waals surface area contributed by atoms with Crippen molar-refractivity contribution in [1.29, 1.82) is 0 Å². The van der Waals surface area contributed by atoms with Crippen molar-refractivity contribution in [3.05, 3.63) is 0 Å². The molecule has 17 heavy (non-hydrogen) atoms. The van der Waals surface area contributed by atoms with Gasteiger partial charge in [-0.15, -0.1) is 0 Å². The molecule has 0 aliphatic carbocycles. The van der Waals surface area contributed by atoms with Crippen LogP contribution in [0.15, 0.2) is 0 Å². The number of hydrogen-bond acceptors (Lipinski definition) is 3. The fourth-order valence-corrected chi connectivity index (χ4v) is 2.61. The Morgan fingerprint density at radius 3 is 2.82 bits per heavy atom. The predicted octanol–water partition coefficient (Wildman–Crippen LogP) is 0.869. The molecule has 98 valence electrons. The second-order valence-corrected chi connectivity index (χ2v) is 5.73. The first-order valence-corrected chi connectivity index (χ1v) is 6.77. The number of likely N-dealkylation sites (tertiary alicyclic amines) is 1. The van der Waals surface area contributed by atoms with Crippen LogP contribution >= 0.6 is 0 Å². The molecule has 1 amide bonds. The highest BCUT2D eigenvalue weighted by molar-refractivity contribution is 5.80. The Labute approximate surface area is 104 Å². The number of ether oxygens (including phenoxy) is 1. The summed E-state index contributed by atoms with van der Waals surface area (Å²) in [5.74, 6) is 1.46. The topological polar surface area (TPSA) is 41.6 Å². The molecule has 2 rings (SSSR count). The Bertz CT molecular complexity index is 256. The predicted molar refractivity (Wildman–Crippen MR) is 66.8 cm³/mol. The maximum absolute atomic E-state index is 11.7. The lowest BCUT2D eigenvalue weighted by Gasteiger charge is -2.40. The van der Waals surface area contributed by atoms with Crippen LogP contribution in [-0.2, 0) is 9.53 Å².